The largest absolute Gasteiger partial charge is 0.453 e. The molecule has 0 aliphatic carbocycles. The highest BCUT2D eigenvalue weighted by atomic mass is 79.9. The number of ether oxygens (including phenoxy) is 1. The molecular weight excluding hydrogens is 278 g/mol. The summed E-state index contributed by atoms with van der Waals surface area (Å²) in [6.07, 6.45) is 0. The summed E-state index contributed by atoms with van der Waals surface area (Å²) in [7, 11) is 0. The van der Waals surface area contributed by atoms with Crippen molar-refractivity contribution in [2.75, 3.05) is 0 Å². The third-order valence-corrected chi connectivity index (χ3v) is 2.51. The van der Waals surface area contributed by atoms with Crippen molar-refractivity contribution in [2.24, 2.45) is 0 Å². The molecule has 0 aliphatic rings. The Morgan fingerprint density at radius 1 is 1.12 bits per heavy atom. The fourth-order valence-electron chi connectivity index (χ4n) is 1.16. The van der Waals surface area contributed by atoms with Crippen LogP contribution in [-0.4, -0.2) is 0 Å². The van der Waals surface area contributed by atoms with Crippen LogP contribution in [0.5, 0.6) is 11.5 Å². The van der Waals surface area contributed by atoms with Gasteiger partial charge in [-0.3, -0.25) is 0 Å². The third-order valence-electron chi connectivity index (χ3n) is 1.89. The fourth-order valence-corrected chi connectivity index (χ4v) is 1.50. The van der Waals surface area contributed by atoms with Crippen molar-refractivity contribution in [2.45, 2.75) is 0 Å². The number of hydrogen-bond donors (Lipinski definition) is 0. The molecule has 0 amide bonds. The maximum atomic E-state index is 13.3. The lowest BCUT2D eigenvalue weighted by Crippen LogP contribution is -1.90. The van der Waals surface area contributed by atoms with E-state index in [4.69, 9.17) is 4.74 Å². The molecule has 0 bridgehead atoms. The highest BCUT2D eigenvalue weighted by Crippen LogP contribution is 2.30. The molecule has 0 N–H and O–H groups in total. The zero-order valence-corrected chi connectivity index (χ0v) is 9.59. The molecule has 81 valence electrons. The summed E-state index contributed by atoms with van der Waals surface area (Å²) >= 11 is 3.24. The number of benzene rings is 2. The molecule has 0 saturated heterocycles. The van der Waals surface area contributed by atoms with Crippen LogP contribution in [0.3, 0.4) is 0 Å². The van der Waals surface area contributed by atoms with E-state index in [1.165, 1.54) is 6.07 Å². The first-order valence-corrected chi connectivity index (χ1v) is 5.24. The smallest absolute Gasteiger partial charge is 0.168 e. The molecule has 2 rings (SSSR count). The minimum absolute atomic E-state index is 0.0201. The molecule has 2 aromatic rings. The van der Waals surface area contributed by atoms with Gasteiger partial charge >= 0.3 is 0 Å². The monoisotopic (exact) mass is 283 g/mol. The minimum Gasteiger partial charge on any atom is -0.453 e. The van der Waals surface area contributed by atoms with Crippen LogP contribution in [-0.2, 0) is 0 Å². The summed E-state index contributed by atoms with van der Waals surface area (Å²) < 4.78 is 31.9. The molecule has 0 aliphatic heterocycles. The van der Waals surface area contributed by atoms with Gasteiger partial charge in [0.25, 0.3) is 0 Å². The van der Waals surface area contributed by atoms with E-state index in [9.17, 15) is 8.78 Å². The van der Waals surface area contributed by atoms with Gasteiger partial charge in [0.1, 0.15) is 11.6 Å². The van der Waals surface area contributed by atoms with Gasteiger partial charge in [-0.05, 0) is 46.3 Å². The number of hydrogen-bond acceptors (Lipinski definition) is 1. The number of rotatable bonds is 2. The summed E-state index contributed by atoms with van der Waals surface area (Å²) in [5.41, 5.74) is 0. The molecule has 0 heterocycles. The lowest BCUT2D eigenvalue weighted by atomic mass is 10.3. The van der Waals surface area contributed by atoms with E-state index in [0.29, 0.717) is 10.2 Å². The van der Waals surface area contributed by atoms with Gasteiger partial charge in [0, 0.05) is 6.07 Å². The van der Waals surface area contributed by atoms with Crippen LogP contribution in [0.1, 0.15) is 0 Å². The van der Waals surface area contributed by atoms with Gasteiger partial charge in [0.15, 0.2) is 11.6 Å². The Morgan fingerprint density at radius 3 is 2.62 bits per heavy atom. The molecule has 4 heteroatoms. The van der Waals surface area contributed by atoms with Gasteiger partial charge in [-0.15, -0.1) is 0 Å². The topological polar surface area (TPSA) is 9.23 Å². The van der Waals surface area contributed by atoms with Gasteiger partial charge < -0.3 is 4.74 Å². The predicted molar refractivity (Wildman–Crippen MR) is 59.4 cm³/mol. The van der Waals surface area contributed by atoms with Crippen molar-refractivity contribution in [1.29, 1.82) is 0 Å². The van der Waals surface area contributed by atoms with Crippen LogP contribution in [0, 0.1) is 17.7 Å². The van der Waals surface area contributed by atoms with Crippen molar-refractivity contribution >= 4 is 15.9 Å². The standard InChI is InChI=1S/C12H6BrF2O/c13-9-3-1-2-4-11(9)16-12-6-5-8(14)7-10(12)15/h2-7H. The second-order valence-electron chi connectivity index (χ2n) is 3.03. The van der Waals surface area contributed by atoms with E-state index in [1.807, 2.05) is 0 Å². The van der Waals surface area contributed by atoms with Crippen LogP contribution in [0.4, 0.5) is 8.78 Å². The summed E-state index contributed by atoms with van der Waals surface area (Å²) in [6.45, 7) is 0. The molecule has 1 radical (unpaired) electrons. The first kappa shape index (κ1) is 11.1. The van der Waals surface area contributed by atoms with E-state index in [2.05, 4.69) is 22.0 Å². The second-order valence-corrected chi connectivity index (χ2v) is 3.89. The van der Waals surface area contributed by atoms with Gasteiger partial charge in [-0.2, -0.15) is 0 Å². The van der Waals surface area contributed by atoms with Crippen molar-refractivity contribution in [3.8, 4) is 11.5 Å². The normalized spacial score (nSPS) is 10.2. The molecule has 0 unspecified atom stereocenters. The molecule has 0 aromatic heterocycles. The van der Waals surface area contributed by atoms with Gasteiger partial charge in [0.2, 0.25) is 0 Å². The second kappa shape index (κ2) is 4.61. The first-order chi connectivity index (χ1) is 7.66. The molecule has 2 aromatic carbocycles. The maximum absolute atomic E-state index is 13.3. The predicted octanol–water partition coefficient (Wildman–Crippen LogP) is 4.32. The van der Waals surface area contributed by atoms with Gasteiger partial charge in [-0.25, -0.2) is 8.78 Å². The van der Waals surface area contributed by atoms with E-state index < -0.39 is 11.6 Å². The van der Waals surface area contributed by atoms with E-state index in [-0.39, 0.29) is 5.75 Å². The minimum atomic E-state index is -0.736. The quantitative estimate of drug-likeness (QED) is 0.798. The lowest BCUT2D eigenvalue weighted by Gasteiger charge is -2.07. The van der Waals surface area contributed by atoms with Crippen LogP contribution in [0.2, 0.25) is 0 Å². The molecule has 0 fully saturated rings. The Bertz CT molecular complexity index is 514. The van der Waals surface area contributed by atoms with E-state index >= 15 is 0 Å². The zero-order valence-electron chi connectivity index (χ0n) is 8.01. The van der Waals surface area contributed by atoms with Crippen LogP contribution < -0.4 is 4.74 Å². The number of halogens is 3. The highest BCUT2D eigenvalue weighted by Gasteiger charge is 2.07. The highest BCUT2D eigenvalue weighted by molar-refractivity contribution is 9.10. The molecule has 0 atom stereocenters. The first-order valence-electron chi connectivity index (χ1n) is 4.45. The maximum Gasteiger partial charge on any atom is 0.168 e. The lowest BCUT2D eigenvalue weighted by molar-refractivity contribution is 0.435. The zero-order chi connectivity index (χ0) is 11.5. The third kappa shape index (κ3) is 2.39. The SMILES string of the molecule is Fc1ccc(Oc2cc[c]cc2Br)c(F)c1. The average Bonchev–Trinajstić information content (AvgIpc) is 2.25. The molecular formula is C12H6BrF2O. The molecule has 1 nitrogen and oxygen atoms in total. The Labute approximate surface area is 99.8 Å². The van der Waals surface area contributed by atoms with Crippen molar-refractivity contribution in [3.05, 3.63) is 58.6 Å². The Hall–Kier alpha value is -1.42. The Balaban J connectivity index is 2.31. The molecule has 16 heavy (non-hydrogen) atoms. The van der Waals surface area contributed by atoms with Crippen LogP contribution in [0.25, 0.3) is 0 Å². The Morgan fingerprint density at radius 2 is 1.94 bits per heavy atom. The van der Waals surface area contributed by atoms with E-state index in [1.54, 1.807) is 18.2 Å². The van der Waals surface area contributed by atoms with Gasteiger partial charge in [0.05, 0.1) is 4.47 Å². The average molecular weight is 284 g/mol. The van der Waals surface area contributed by atoms with Gasteiger partial charge in [-0.1, -0.05) is 6.07 Å². The molecule has 0 saturated carbocycles. The fraction of sp³-hybridized carbons (Fsp3) is 0. The van der Waals surface area contributed by atoms with E-state index in [0.717, 1.165) is 12.1 Å². The van der Waals surface area contributed by atoms with Crippen molar-refractivity contribution < 1.29 is 13.5 Å². The summed E-state index contributed by atoms with van der Waals surface area (Å²) in [5, 5.41) is 0. The van der Waals surface area contributed by atoms with Crippen LogP contribution >= 0.6 is 15.9 Å². The Kier molecular flexibility index (Phi) is 3.19. The summed E-state index contributed by atoms with van der Waals surface area (Å²) in [4.78, 5) is 0. The molecule has 0 spiro atoms. The summed E-state index contributed by atoms with van der Waals surface area (Å²) in [5.74, 6) is -0.942. The van der Waals surface area contributed by atoms with Crippen molar-refractivity contribution in [1.82, 2.24) is 0 Å². The van der Waals surface area contributed by atoms with Crippen molar-refractivity contribution in [3.63, 3.8) is 0 Å². The summed E-state index contributed by atoms with van der Waals surface area (Å²) in [6, 6.07) is 10.9. The van der Waals surface area contributed by atoms with Crippen LogP contribution in [0.15, 0.2) is 40.9 Å².